The average molecular weight is 360 g/mol. The molecule has 25 heavy (non-hydrogen) atoms. The lowest BCUT2D eigenvalue weighted by atomic mass is 10.0. The van der Waals surface area contributed by atoms with Crippen molar-refractivity contribution < 1.29 is 9.59 Å². The highest BCUT2D eigenvalue weighted by Crippen LogP contribution is 2.10. The van der Waals surface area contributed by atoms with Crippen molar-refractivity contribution in [3.8, 4) is 0 Å². The normalized spacial score (nSPS) is 11.6. The third kappa shape index (κ3) is 6.21. The molecule has 0 bridgehead atoms. The van der Waals surface area contributed by atoms with Gasteiger partial charge in [0.2, 0.25) is 5.91 Å². The Morgan fingerprint density at radius 1 is 1.04 bits per heavy atom. The van der Waals surface area contributed by atoms with E-state index in [4.69, 9.17) is 17.3 Å². The predicted molar refractivity (Wildman–Crippen MR) is 99.5 cm³/mol. The van der Waals surface area contributed by atoms with Gasteiger partial charge < -0.3 is 16.4 Å². The second kappa shape index (κ2) is 9.81. The summed E-state index contributed by atoms with van der Waals surface area (Å²) in [7, 11) is 0. The molecule has 0 fully saturated rings. The fraction of sp³-hybridized carbons (Fsp3) is 0.263. The molecule has 5 nitrogen and oxygen atoms in total. The molecule has 4 N–H and O–H groups in total. The molecule has 0 radical (unpaired) electrons. The standard InChI is InChI=1S/C19H22ClN3O2/c20-16-9-7-15(8-10-16)18(24)23-17(19(25)22-12-4-11-21)13-14-5-2-1-3-6-14/h1-3,5-10,17H,4,11-13,21H2,(H,22,25)(H,23,24). The monoisotopic (exact) mass is 359 g/mol. The molecule has 0 heterocycles. The third-order valence-corrected chi connectivity index (χ3v) is 3.94. The summed E-state index contributed by atoms with van der Waals surface area (Å²) < 4.78 is 0. The molecule has 2 aromatic carbocycles. The number of hydrogen-bond acceptors (Lipinski definition) is 3. The number of halogens is 1. The van der Waals surface area contributed by atoms with Crippen molar-refractivity contribution in [3.63, 3.8) is 0 Å². The second-order valence-corrected chi connectivity index (χ2v) is 6.09. The van der Waals surface area contributed by atoms with Crippen molar-refractivity contribution in [1.82, 2.24) is 10.6 Å². The van der Waals surface area contributed by atoms with Crippen molar-refractivity contribution in [1.29, 1.82) is 0 Å². The summed E-state index contributed by atoms with van der Waals surface area (Å²) in [5, 5.41) is 6.17. The van der Waals surface area contributed by atoms with E-state index in [2.05, 4.69) is 10.6 Å². The number of carbonyl (C=O) groups is 2. The van der Waals surface area contributed by atoms with Crippen LogP contribution < -0.4 is 16.4 Å². The molecular weight excluding hydrogens is 338 g/mol. The molecule has 2 aromatic rings. The highest BCUT2D eigenvalue weighted by atomic mass is 35.5. The molecular formula is C19H22ClN3O2. The molecule has 2 amide bonds. The maximum Gasteiger partial charge on any atom is 0.251 e. The molecule has 1 atom stereocenters. The Bertz CT molecular complexity index is 690. The topological polar surface area (TPSA) is 84.2 Å². The Labute approximate surface area is 152 Å². The van der Waals surface area contributed by atoms with Crippen LogP contribution in [0.3, 0.4) is 0 Å². The summed E-state index contributed by atoms with van der Waals surface area (Å²) in [6, 6.07) is 15.4. The third-order valence-electron chi connectivity index (χ3n) is 3.69. The first-order chi connectivity index (χ1) is 12.1. The van der Waals surface area contributed by atoms with Crippen LogP contribution in [0.2, 0.25) is 5.02 Å². The summed E-state index contributed by atoms with van der Waals surface area (Å²) in [4.78, 5) is 24.9. The Balaban J connectivity index is 2.08. The van der Waals surface area contributed by atoms with E-state index >= 15 is 0 Å². The van der Waals surface area contributed by atoms with Gasteiger partial charge in [-0.15, -0.1) is 0 Å². The summed E-state index contributed by atoms with van der Waals surface area (Å²) in [5.74, 6) is -0.536. The van der Waals surface area contributed by atoms with Gasteiger partial charge in [-0.3, -0.25) is 9.59 Å². The fourth-order valence-electron chi connectivity index (χ4n) is 2.34. The Kier molecular flexibility index (Phi) is 7.44. The number of rotatable bonds is 8. The first-order valence-corrected chi connectivity index (χ1v) is 8.56. The lowest BCUT2D eigenvalue weighted by Crippen LogP contribution is -2.48. The zero-order valence-corrected chi connectivity index (χ0v) is 14.6. The molecule has 0 aliphatic carbocycles. The summed E-state index contributed by atoms with van der Waals surface area (Å²) >= 11 is 5.84. The maximum atomic E-state index is 12.5. The summed E-state index contributed by atoms with van der Waals surface area (Å²) in [5.41, 5.74) is 6.88. The number of hydrogen-bond donors (Lipinski definition) is 3. The van der Waals surface area contributed by atoms with Gasteiger partial charge in [0.15, 0.2) is 0 Å². The van der Waals surface area contributed by atoms with E-state index in [-0.39, 0.29) is 11.8 Å². The average Bonchev–Trinajstić information content (AvgIpc) is 2.62. The number of nitrogens with one attached hydrogen (secondary N) is 2. The Morgan fingerprint density at radius 2 is 1.72 bits per heavy atom. The van der Waals surface area contributed by atoms with E-state index in [0.29, 0.717) is 36.5 Å². The van der Waals surface area contributed by atoms with Crippen molar-refractivity contribution in [3.05, 3.63) is 70.7 Å². The molecule has 0 spiro atoms. The van der Waals surface area contributed by atoms with Crippen molar-refractivity contribution >= 4 is 23.4 Å². The van der Waals surface area contributed by atoms with Crippen LogP contribution in [0.4, 0.5) is 0 Å². The van der Waals surface area contributed by atoms with Crippen LogP contribution >= 0.6 is 11.6 Å². The van der Waals surface area contributed by atoms with E-state index in [0.717, 1.165) is 5.56 Å². The molecule has 2 rings (SSSR count). The quantitative estimate of drug-likeness (QED) is 0.631. The first-order valence-electron chi connectivity index (χ1n) is 8.18. The summed E-state index contributed by atoms with van der Waals surface area (Å²) in [6.45, 7) is 0.984. The molecule has 0 aliphatic heterocycles. The largest absolute Gasteiger partial charge is 0.354 e. The number of nitrogens with two attached hydrogens (primary N) is 1. The molecule has 0 saturated carbocycles. The van der Waals surface area contributed by atoms with E-state index in [1.165, 1.54) is 0 Å². The van der Waals surface area contributed by atoms with E-state index in [1.807, 2.05) is 30.3 Å². The van der Waals surface area contributed by atoms with Gasteiger partial charge in [0.25, 0.3) is 5.91 Å². The van der Waals surface area contributed by atoms with Gasteiger partial charge in [0.1, 0.15) is 6.04 Å². The molecule has 0 aromatic heterocycles. The minimum atomic E-state index is -0.664. The van der Waals surface area contributed by atoms with Crippen molar-refractivity contribution in [2.24, 2.45) is 5.73 Å². The second-order valence-electron chi connectivity index (χ2n) is 5.66. The van der Waals surface area contributed by atoms with Gasteiger partial charge in [-0.1, -0.05) is 41.9 Å². The lowest BCUT2D eigenvalue weighted by molar-refractivity contribution is -0.122. The van der Waals surface area contributed by atoms with E-state index in [9.17, 15) is 9.59 Å². The smallest absolute Gasteiger partial charge is 0.251 e. The zero-order valence-electron chi connectivity index (χ0n) is 13.9. The molecule has 0 saturated heterocycles. The van der Waals surface area contributed by atoms with Crippen LogP contribution in [-0.2, 0) is 11.2 Å². The van der Waals surface area contributed by atoms with Crippen molar-refractivity contribution in [2.45, 2.75) is 18.9 Å². The van der Waals surface area contributed by atoms with Gasteiger partial charge in [0.05, 0.1) is 0 Å². The maximum absolute atomic E-state index is 12.5. The van der Waals surface area contributed by atoms with Crippen LogP contribution in [0.15, 0.2) is 54.6 Å². The molecule has 1 unspecified atom stereocenters. The minimum absolute atomic E-state index is 0.223. The van der Waals surface area contributed by atoms with Gasteiger partial charge in [0, 0.05) is 23.6 Å². The summed E-state index contributed by atoms with van der Waals surface area (Å²) in [6.07, 6.45) is 1.10. The van der Waals surface area contributed by atoms with E-state index in [1.54, 1.807) is 24.3 Å². The van der Waals surface area contributed by atoms with Crippen molar-refractivity contribution in [2.75, 3.05) is 13.1 Å². The molecule has 132 valence electrons. The van der Waals surface area contributed by atoms with Gasteiger partial charge in [-0.25, -0.2) is 0 Å². The van der Waals surface area contributed by atoms with Gasteiger partial charge in [-0.2, -0.15) is 0 Å². The van der Waals surface area contributed by atoms with Crippen LogP contribution in [0.25, 0.3) is 0 Å². The SMILES string of the molecule is NCCCNC(=O)C(Cc1ccccc1)NC(=O)c1ccc(Cl)cc1. The van der Waals surface area contributed by atoms with Gasteiger partial charge in [-0.05, 0) is 42.8 Å². The Morgan fingerprint density at radius 3 is 2.36 bits per heavy atom. The van der Waals surface area contributed by atoms with Crippen LogP contribution in [0, 0.1) is 0 Å². The first kappa shape index (κ1) is 19.0. The van der Waals surface area contributed by atoms with Crippen LogP contribution in [0.1, 0.15) is 22.3 Å². The Hall–Kier alpha value is -2.37. The van der Waals surface area contributed by atoms with Crippen LogP contribution in [0.5, 0.6) is 0 Å². The number of carbonyl (C=O) groups excluding carboxylic acids is 2. The molecule has 6 heteroatoms. The fourth-order valence-corrected chi connectivity index (χ4v) is 2.46. The van der Waals surface area contributed by atoms with Crippen LogP contribution in [-0.4, -0.2) is 30.9 Å². The highest BCUT2D eigenvalue weighted by Gasteiger charge is 2.21. The van der Waals surface area contributed by atoms with E-state index < -0.39 is 6.04 Å². The number of amides is 2. The number of benzene rings is 2. The highest BCUT2D eigenvalue weighted by molar-refractivity contribution is 6.30. The lowest BCUT2D eigenvalue weighted by Gasteiger charge is -2.19. The molecule has 0 aliphatic rings. The minimum Gasteiger partial charge on any atom is -0.354 e. The van der Waals surface area contributed by atoms with Gasteiger partial charge >= 0.3 is 0 Å². The zero-order chi connectivity index (χ0) is 18.1. The predicted octanol–water partition coefficient (Wildman–Crippen LogP) is 2.15.